The van der Waals surface area contributed by atoms with Gasteiger partial charge in [-0.15, -0.1) is 0 Å². The van der Waals surface area contributed by atoms with E-state index in [1.807, 2.05) is 26.8 Å². The Hall–Kier alpha value is -1.58. The number of rotatable bonds is 5. The van der Waals surface area contributed by atoms with E-state index in [0.717, 1.165) is 23.7 Å². The van der Waals surface area contributed by atoms with E-state index in [4.69, 9.17) is 9.72 Å². The van der Waals surface area contributed by atoms with Crippen LogP contribution in [0, 0.1) is 5.92 Å². The van der Waals surface area contributed by atoms with Gasteiger partial charge >= 0.3 is 5.97 Å². The first-order valence-electron chi connectivity index (χ1n) is 10.9. The van der Waals surface area contributed by atoms with Gasteiger partial charge in [-0.1, -0.05) is 51.4 Å². The first-order valence-corrected chi connectivity index (χ1v) is 10.9. The topological polar surface area (TPSA) is 51.2 Å². The average Bonchev–Trinajstić information content (AvgIpc) is 2.63. The van der Waals surface area contributed by atoms with Crippen LogP contribution in [0.5, 0.6) is 0 Å². The Balaban J connectivity index is 1.78. The number of aromatic nitrogens is 1. The number of carbonyl (C=O) groups excluding carboxylic acids is 1. The van der Waals surface area contributed by atoms with Crippen molar-refractivity contribution in [3.63, 3.8) is 0 Å². The van der Waals surface area contributed by atoms with Crippen LogP contribution in [-0.4, -0.2) is 22.6 Å². The van der Waals surface area contributed by atoms with Gasteiger partial charge in [-0.05, 0) is 52.0 Å². The van der Waals surface area contributed by atoms with E-state index in [1.54, 1.807) is 6.20 Å². The van der Waals surface area contributed by atoms with E-state index >= 15 is 0 Å². The van der Waals surface area contributed by atoms with Crippen molar-refractivity contribution < 1.29 is 9.53 Å². The SMILES string of the molecule is CC(C)(C)OC(=O)c1cnc(CC2CCCCC2)c(NC2CCCCC2)c1. The van der Waals surface area contributed by atoms with Crippen molar-refractivity contribution in [2.75, 3.05) is 5.32 Å². The molecule has 0 aliphatic heterocycles. The molecule has 4 nitrogen and oxygen atoms in total. The lowest BCUT2D eigenvalue weighted by Crippen LogP contribution is -2.26. The normalized spacial score (nSPS) is 19.7. The Morgan fingerprint density at radius 2 is 1.70 bits per heavy atom. The monoisotopic (exact) mass is 372 g/mol. The van der Waals surface area contributed by atoms with Gasteiger partial charge in [0.2, 0.25) is 0 Å². The molecule has 0 unspecified atom stereocenters. The van der Waals surface area contributed by atoms with Crippen LogP contribution in [0.15, 0.2) is 12.3 Å². The van der Waals surface area contributed by atoms with Gasteiger partial charge in [0.25, 0.3) is 0 Å². The molecule has 0 bridgehead atoms. The Morgan fingerprint density at radius 1 is 1.07 bits per heavy atom. The van der Waals surface area contributed by atoms with E-state index in [0.29, 0.717) is 11.6 Å². The third-order valence-electron chi connectivity index (χ3n) is 5.78. The number of carbonyl (C=O) groups is 1. The molecule has 0 radical (unpaired) electrons. The lowest BCUT2D eigenvalue weighted by atomic mass is 9.85. The summed E-state index contributed by atoms with van der Waals surface area (Å²) in [4.78, 5) is 17.2. The van der Waals surface area contributed by atoms with Gasteiger partial charge < -0.3 is 10.1 Å². The molecule has 1 N–H and O–H groups in total. The highest BCUT2D eigenvalue weighted by Gasteiger charge is 2.23. The van der Waals surface area contributed by atoms with Gasteiger partial charge in [0.1, 0.15) is 5.60 Å². The molecular formula is C23H36N2O2. The molecule has 0 amide bonds. The average molecular weight is 373 g/mol. The molecule has 1 aromatic rings. The van der Waals surface area contributed by atoms with Crippen molar-refractivity contribution in [3.05, 3.63) is 23.5 Å². The number of nitrogens with one attached hydrogen (secondary N) is 1. The van der Waals surface area contributed by atoms with Crippen LogP contribution in [0.25, 0.3) is 0 Å². The summed E-state index contributed by atoms with van der Waals surface area (Å²) in [5.74, 6) is 0.441. The Bertz CT molecular complexity index is 624. The summed E-state index contributed by atoms with van der Waals surface area (Å²) >= 11 is 0. The number of pyridine rings is 1. The van der Waals surface area contributed by atoms with Gasteiger partial charge in [0, 0.05) is 12.2 Å². The van der Waals surface area contributed by atoms with Crippen molar-refractivity contribution >= 4 is 11.7 Å². The van der Waals surface area contributed by atoms with E-state index in [2.05, 4.69) is 5.32 Å². The van der Waals surface area contributed by atoms with Crippen LogP contribution in [0.2, 0.25) is 0 Å². The van der Waals surface area contributed by atoms with E-state index in [1.165, 1.54) is 64.2 Å². The summed E-state index contributed by atoms with van der Waals surface area (Å²) in [6.45, 7) is 5.70. The lowest BCUT2D eigenvalue weighted by molar-refractivity contribution is 0.00691. The maximum atomic E-state index is 12.5. The highest BCUT2D eigenvalue weighted by atomic mass is 16.6. The zero-order chi connectivity index (χ0) is 19.3. The maximum absolute atomic E-state index is 12.5. The molecule has 0 saturated heterocycles. The molecule has 1 heterocycles. The van der Waals surface area contributed by atoms with Crippen LogP contribution in [0.1, 0.15) is 101 Å². The molecule has 150 valence electrons. The maximum Gasteiger partial charge on any atom is 0.340 e. The van der Waals surface area contributed by atoms with Crippen molar-refractivity contribution in [1.82, 2.24) is 4.98 Å². The van der Waals surface area contributed by atoms with Gasteiger partial charge in [0.05, 0.1) is 16.9 Å². The zero-order valence-electron chi connectivity index (χ0n) is 17.4. The van der Waals surface area contributed by atoms with E-state index < -0.39 is 5.60 Å². The van der Waals surface area contributed by atoms with Gasteiger partial charge in [0.15, 0.2) is 0 Å². The molecule has 1 aromatic heterocycles. The molecule has 2 saturated carbocycles. The highest BCUT2D eigenvalue weighted by Crippen LogP contribution is 2.30. The number of anilines is 1. The second-order valence-corrected chi connectivity index (χ2v) is 9.41. The minimum absolute atomic E-state index is 0.286. The summed E-state index contributed by atoms with van der Waals surface area (Å²) in [5, 5.41) is 3.73. The smallest absolute Gasteiger partial charge is 0.340 e. The Morgan fingerprint density at radius 3 is 2.33 bits per heavy atom. The van der Waals surface area contributed by atoms with Crippen molar-refractivity contribution in [2.45, 2.75) is 103 Å². The summed E-state index contributed by atoms with van der Waals surface area (Å²) < 4.78 is 5.55. The first kappa shape index (κ1) is 20.2. The molecule has 4 heteroatoms. The van der Waals surface area contributed by atoms with Crippen molar-refractivity contribution in [1.29, 1.82) is 0 Å². The molecule has 2 fully saturated rings. The third kappa shape index (κ3) is 6.22. The second kappa shape index (κ2) is 9.07. The molecule has 27 heavy (non-hydrogen) atoms. The van der Waals surface area contributed by atoms with Crippen LogP contribution < -0.4 is 5.32 Å². The molecule has 0 atom stereocenters. The number of esters is 1. The third-order valence-corrected chi connectivity index (χ3v) is 5.78. The van der Waals surface area contributed by atoms with E-state index in [-0.39, 0.29) is 5.97 Å². The zero-order valence-corrected chi connectivity index (χ0v) is 17.4. The number of hydrogen-bond donors (Lipinski definition) is 1. The summed E-state index contributed by atoms with van der Waals surface area (Å²) in [7, 11) is 0. The minimum atomic E-state index is -0.491. The first-order chi connectivity index (χ1) is 12.9. The molecule has 0 spiro atoms. The summed E-state index contributed by atoms with van der Waals surface area (Å²) in [6.07, 6.45) is 15.7. The molecule has 2 aliphatic carbocycles. The van der Waals surface area contributed by atoms with Crippen molar-refractivity contribution in [2.24, 2.45) is 5.92 Å². The summed E-state index contributed by atoms with van der Waals surface area (Å²) in [6, 6.07) is 2.48. The van der Waals surface area contributed by atoms with Crippen LogP contribution >= 0.6 is 0 Å². The standard InChI is InChI=1S/C23H36N2O2/c1-23(2,3)27-22(26)18-15-21(25-19-12-8-5-9-13-19)20(24-16-18)14-17-10-6-4-7-11-17/h15-17,19,25H,4-14H2,1-3H3. The number of ether oxygens (including phenoxy) is 1. The quantitative estimate of drug-likeness (QED) is 0.653. The number of nitrogens with zero attached hydrogens (tertiary/aromatic N) is 1. The van der Waals surface area contributed by atoms with Gasteiger partial charge in [-0.25, -0.2) is 4.79 Å². The predicted octanol–water partition coefficient (Wildman–Crippen LogP) is 5.90. The minimum Gasteiger partial charge on any atom is -0.456 e. The van der Waals surface area contributed by atoms with E-state index in [9.17, 15) is 4.79 Å². The highest BCUT2D eigenvalue weighted by molar-refractivity contribution is 5.90. The fourth-order valence-electron chi connectivity index (χ4n) is 4.36. The summed E-state index contributed by atoms with van der Waals surface area (Å²) in [5.41, 5.74) is 2.24. The fourth-order valence-corrected chi connectivity index (χ4v) is 4.36. The molecule has 3 rings (SSSR count). The van der Waals surface area contributed by atoms with Gasteiger partial charge in [-0.2, -0.15) is 0 Å². The number of hydrogen-bond acceptors (Lipinski definition) is 4. The lowest BCUT2D eigenvalue weighted by Gasteiger charge is -2.27. The predicted molar refractivity (Wildman–Crippen MR) is 110 cm³/mol. The Kier molecular flexibility index (Phi) is 6.78. The Labute approximate surface area is 164 Å². The molecular weight excluding hydrogens is 336 g/mol. The van der Waals surface area contributed by atoms with Crippen molar-refractivity contribution in [3.8, 4) is 0 Å². The van der Waals surface area contributed by atoms with Crippen LogP contribution in [0.4, 0.5) is 5.69 Å². The van der Waals surface area contributed by atoms with Crippen LogP contribution in [0.3, 0.4) is 0 Å². The fraction of sp³-hybridized carbons (Fsp3) is 0.739. The van der Waals surface area contributed by atoms with Crippen LogP contribution in [-0.2, 0) is 11.2 Å². The largest absolute Gasteiger partial charge is 0.456 e. The molecule has 0 aromatic carbocycles. The molecule has 2 aliphatic rings. The van der Waals surface area contributed by atoms with Gasteiger partial charge in [-0.3, -0.25) is 4.98 Å². The second-order valence-electron chi connectivity index (χ2n) is 9.41.